The van der Waals surface area contributed by atoms with E-state index in [2.05, 4.69) is 41.0 Å². The summed E-state index contributed by atoms with van der Waals surface area (Å²) in [6.07, 6.45) is 8.80. The van der Waals surface area contributed by atoms with Crippen LogP contribution in [0.3, 0.4) is 0 Å². The molecule has 0 saturated heterocycles. The second-order valence-electron chi connectivity index (χ2n) is 10.5. The van der Waals surface area contributed by atoms with Gasteiger partial charge in [0.15, 0.2) is 0 Å². The van der Waals surface area contributed by atoms with Crippen molar-refractivity contribution in [1.29, 1.82) is 5.26 Å². The minimum Gasteiger partial charge on any atom is -0.326 e. The molecule has 1 heterocycles. The van der Waals surface area contributed by atoms with Gasteiger partial charge in [-0.25, -0.2) is 0 Å². The number of fused-ring (bicyclic) bond motifs is 1. The second kappa shape index (κ2) is 12.8. The van der Waals surface area contributed by atoms with Gasteiger partial charge in [-0.1, -0.05) is 62.6 Å². The summed E-state index contributed by atoms with van der Waals surface area (Å²) >= 11 is 3.06. The normalized spacial score (nSPS) is 18.0. The standard InChI is InChI=1S/C32H35N3O2S2/c1-2-28(38-25-15-9-14-24(19-25)34-30(36)22-12-7-4-8-13-22)31(37)35-32-27(20-33)26-17-16-23(18-29(26)39-32)21-10-5-3-6-11-21/h3,5-6,9-11,14-15,19,22-23,28H,2,4,7-8,12-13,16-18H2,1H3,(H,34,36)(H,35,37). The lowest BCUT2D eigenvalue weighted by Gasteiger charge is -2.22. The molecule has 0 spiro atoms. The van der Waals surface area contributed by atoms with Gasteiger partial charge in [-0.15, -0.1) is 23.1 Å². The third-order valence-corrected chi connectivity index (χ3v) is 10.4. The van der Waals surface area contributed by atoms with Crippen LogP contribution >= 0.6 is 23.1 Å². The van der Waals surface area contributed by atoms with E-state index >= 15 is 0 Å². The first kappa shape index (κ1) is 27.5. The molecule has 2 unspecified atom stereocenters. The molecule has 1 saturated carbocycles. The molecule has 3 aromatic rings. The monoisotopic (exact) mass is 557 g/mol. The molecule has 2 amide bonds. The fourth-order valence-electron chi connectivity index (χ4n) is 5.74. The summed E-state index contributed by atoms with van der Waals surface area (Å²) in [5.41, 5.74) is 3.84. The SMILES string of the molecule is CCC(Sc1cccc(NC(=O)C2CCCCC2)c1)C(=O)Nc1sc2c(c1C#N)CCC(c1ccccc1)C2. The highest BCUT2D eigenvalue weighted by atomic mass is 32.2. The molecule has 202 valence electrons. The van der Waals surface area contributed by atoms with Crippen LogP contribution in [0.1, 0.15) is 79.4 Å². The average molecular weight is 558 g/mol. The van der Waals surface area contributed by atoms with Crippen LogP contribution in [0.4, 0.5) is 10.7 Å². The number of benzene rings is 2. The van der Waals surface area contributed by atoms with Crippen LogP contribution in [0.25, 0.3) is 0 Å². The van der Waals surface area contributed by atoms with Crippen molar-refractivity contribution in [2.75, 3.05) is 10.6 Å². The number of thioether (sulfide) groups is 1. The number of hydrogen-bond acceptors (Lipinski definition) is 5. The van der Waals surface area contributed by atoms with E-state index in [-0.39, 0.29) is 23.0 Å². The zero-order chi connectivity index (χ0) is 27.2. The Labute approximate surface area is 239 Å². The zero-order valence-corrected chi connectivity index (χ0v) is 24.0. The predicted molar refractivity (Wildman–Crippen MR) is 160 cm³/mol. The van der Waals surface area contributed by atoms with Gasteiger partial charge in [0.05, 0.1) is 10.8 Å². The third kappa shape index (κ3) is 6.57. The van der Waals surface area contributed by atoms with E-state index in [4.69, 9.17) is 0 Å². The number of carbonyl (C=O) groups is 2. The molecule has 5 rings (SSSR count). The molecule has 39 heavy (non-hydrogen) atoms. The summed E-state index contributed by atoms with van der Waals surface area (Å²) in [5.74, 6) is 0.547. The topological polar surface area (TPSA) is 82.0 Å². The van der Waals surface area contributed by atoms with Crippen LogP contribution in [-0.2, 0) is 22.4 Å². The van der Waals surface area contributed by atoms with E-state index in [1.807, 2.05) is 37.3 Å². The first-order valence-corrected chi connectivity index (χ1v) is 15.7. The van der Waals surface area contributed by atoms with Gasteiger partial charge in [0.25, 0.3) is 0 Å². The summed E-state index contributed by atoms with van der Waals surface area (Å²) in [5, 5.41) is 16.5. The second-order valence-corrected chi connectivity index (χ2v) is 12.9. The van der Waals surface area contributed by atoms with E-state index in [9.17, 15) is 14.9 Å². The van der Waals surface area contributed by atoms with Gasteiger partial charge in [0, 0.05) is 21.4 Å². The Bertz CT molecular complexity index is 1360. The molecule has 0 radical (unpaired) electrons. The van der Waals surface area contributed by atoms with Crippen molar-refractivity contribution in [3.63, 3.8) is 0 Å². The number of anilines is 2. The van der Waals surface area contributed by atoms with Gasteiger partial charge in [0.2, 0.25) is 11.8 Å². The number of nitrogens with zero attached hydrogens (tertiary/aromatic N) is 1. The molecular weight excluding hydrogens is 523 g/mol. The first-order valence-electron chi connectivity index (χ1n) is 14.0. The fraction of sp³-hybridized carbons (Fsp3) is 0.406. The molecule has 2 atom stereocenters. The summed E-state index contributed by atoms with van der Waals surface area (Å²) in [4.78, 5) is 28.2. The third-order valence-electron chi connectivity index (χ3n) is 7.90. The van der Waals surface area contributed by atoms with E-state index in [1.54, 1.807) is 11.3 Å². The molecule has 2 N–H and O–H groups in total. The molecule has 5 nitrogen and oxygen atoms in total. The van der Waals surface area contributed by atoms with Crippen molar-refractivity contribution in [2.24, 2.45) is 5.92 Å². The lowest BCUT2D eigenvalue weighted by Crippen LogP contribution is -2.25. The number of rotatable bonds is 8. The highest BCUT2D eigenvalue weighted by Gasteiger charge is 2.28. The minimum atomic E-state index is -0.308. The zero-order valence-electron chi connectivity index (χ0n) is 22.4. The van der Waals surface area contributed by atoms with E-state index in [0.29, 0.717) is 22.9 Å². The van der Waals surface area contributed by atoms with Gasteiger partial charge in [-0.2, -0.15) is 5.26 Å². The Morgan fingerprint density at radius 2 is 1.85 bits per heavy atom. The highest BCUT2D eigenvalue weighted by Crippen LogP contribution is 2.42. The van der Waals surface area contributed by atoms with Crippen molar-refractivity contribution in [3.8, 4) is 6.07 Å². The summed E-state index contributed by atoms with van der Waals surface area (Å²) in [7, 11) is 0. The first-order chi connectivity index (χ1) is 19.1. The number of thiophene rings is 1. The predicted octanol–water partition coefficient (Wildman–Crippen LogP) is 7.92. The van der Waals surface area contributed by atoms with E-state index < -0.39 is 0 Å². The quantitative estimate of drug-likeness (QED) is 0.276. The number of nitrogens with one attached hydrogen (secondary N) is 2. The molecule has 2 aliphatic carbocycles. The van der Waals surface area contributed by atoms with Gasteiger partial charge >= 0.3 is 0 Å². The Balaban J connectivity index is 1.25. The van der Waals surface area contributed by atoms with Crippen molar-refractivity contribution >= 4 is 45.6 Å². The van der Waals surface area contributed by atoms with E-state index in [0.717, 1.165) is 61.1 Å². The van der Waals surface area contributed by atoms with Gasteiger partial charge in [0.1, 0.15) is 11.1 Å². The molecule has 0 aliphatic heterocycles. The fourth-order valence-corrected chi connectivity index (χ4v) is 8.03. The Morgan fingerprint density at radius 1 is 1.05 bits per heavy atom. The number of nitriles is 1. The van der Waals surface area contributed by atoms with Gasteiger partial charge in [-0.05, 0) is 73.8 Å². The van der Waals surface area contributed by atoms with Crippen LogP contribution in [0.5, 0.6) is 0 Å². The lowest BCUT2D eigenvalue weighted by molar-refractivity contribution is -0.120. The minimum absolute atomic E-state index is 0.0890. The maximum atomic E-state index is 13.4. The van der Waals surface area contributed by atoms with Gasteiger partial charge in [-0.3, -0.25) is 9.59 Å². The summed E-state index contributed by atoms with van der Waals surface area (Å²) in [6, 6.07) is 20.7. The van der Waals surface area contributed by atoms with Crippen molar-refractivity contribution in [3.05, 3.63) is 76.2 Å². The molecule has 0 bridgehead atoms. The van der Waals surface area contributed by atoms with Gasteiger partial charge < -0.3 is 10.6 Å². The number of carbonyl (C=O) groups excluding carboxylic acids is 2. The molecule has 1 aromatic heterocycles. The lowest BCUT2D eigenvalue weighted by atomic mass is 9.83. The van der Waals surface area contributed by atoms with Crippen LogP contribution in [0.15, 0.2) is 59.5 Å². The maximum Gasteiger partial charge on any atom is 0.238 e. The van der Waals surface area contributed by atoms with Crippen molar-refractivity contribution < 1.29 is 9.59 Å². The number of amides is 2. The van der Waals surface area contributed by atoms with E-state index in [1.165, 1.54) is 28.6 Å². The average Bonchev–Trinajstić information content (AvgIpc) is 3.32. The Hall–Kier alpha value is -3.08. The molecule has 2 aromatic carbocycles. The van der Waals surface area contributed by atoms with Crippen molar-refractivity contribution in [1.82, 2.24) is 0 Å². The molecule has 1 fully saturated rings. The number of hydrogen-bond donors (Lipinski definition) is 2. The highest BCUT2D eigenvalue weighted by molar-refractivity contribution is 8.00. The van der Waals surface area contributed by atoms with Crippen molar-refractivity contribution in [2.45, 2.75) is 80.8 Å². The maximum absolute atomic E-state index is 13.4. The summed E-state index contributed by atoms with van der Waals surface area (Å²) in [6.45, 7) is 2.00. The molecule has 2 aliphatic rings. The molecular formula is C32H35N3O2S2. The smallest absolute Gasteiger partial charge is 0.238 e. The van der Waals surface area contributed by atoms with Crippen LogP contribution < -0.4 is 10.6 Å². The van der Waals surface area contributed by atoms with Crippen LogP contribution in [-0.4, -0.2) is 17.1 Å². The molecule has 7 heteroatoms. The van der Waals surface area contributed by atoms with Crippen LogP contribution in [0, 0.1) is 17.2 Å². The Kier molecular flexibility index (Phi) is 9.06. The Morgan fingerprint density at radius 3 is 2.59 bits per heavy atom. The largest absolute Gasteiger partial charge is 0.326 e. The van der Waals surface area contributed by atoms with Crippen LogP contribution in [0.2, 0.25) is 0 Å². The summed E-state index contributed by atoms with van der Waals surface area (Å²) < 4.78 is 0.